The first-order valence-electron chi connectivity index (χ1n) is 7.02. The number of hydrogen-bond acceptors (Lipinski definition) is 2. The fourth-order valence-corrected chi connectivity index (χ4v) is 2.62. The average molecular weight is 245 g/mol. The van der Waals surface area contributed by atoms with E-state index in [1.165, 1.54) is 11.1 Å². The zero-order valence-electron chi connectivity index (χ0n) is 11.4. The molecule has 1 N–H and O–H groups in total. The summed E-state index contributed by atoms with van der Waals surface area (Å²) in [4.78, 5) is 12.3. The SMILES string of the molecule is CC(C)CCCC(=O)C1NCCc2ccccc21. The highest BCUT2D eigenvalue weighted by Gasteiger charge is 2.24. The van der Waals surface area contributed by atoms with E-state index in [0.29, 0.717) is 18.1 Å². The molecule has 0 aromatic heterocycles. The van der Waals surface area contributed by atoms with Crippen LogP contribution in [0.3, 0.4) is 0 Å². The minimum absolute atomic E-state index is 0.0675. The molecule has 2 heteroatoms. The van der Waals surface area contributed by atoms with Crippen molar-refractivity contribution < 1.29 is 4.79 Å². The summed E-state index contributed by atoms with van der Waals surface area (Å²) in [6, 6.07) is 8.25. The van der Waals surface area contributed by atoms with E-state index in [0.717, 1.165) is 25.8 Å². The second-order valence-corrected chi connectivity index (χ2v) is 5.59. The summed E-state index contributed by atoms with van der Waals surface area (Å²) < 4.78 is 0. The van der Waals surface area contributed by atoms with Crippen LogP contribution in [0.1, 0.15) is 50.3 Å². The van der Waals surface area contributed by atoms with Crippen molar-refractivity contribution in [3.05, 3.63) is 35.4 Å². The van der Waals surface area contributed by atoms with Gasteiger partial charge in [-0.15, -0.1) is 0 Å². The molecule has 1 heterocycles. The molecule has 18 heavy (non-hydrogen) atoms. The number of rotatable bonds is 5. The Morgan fingerprint density at radius 3 is 2.94 bits per heavy atom. The van der Waals surface area contributed by atoms with Crippen molar-refractivity contribution in [2.24, 2.45) is 5.92 Å². The summed E-state index contributed by atoms with van der Waals surface area (Å²) in [5.74, 6) is 1.03. The van der Waals surface area contributed by atoms with Crippen molar-refractivity contribution >= 4 is 5.78 Å². The third kappa shape index (κ3) is 3.20. The van der Waals surface area contributed by atoms with Crippen molar-refractivity contribution in [2.45, 2.75) is 45.6 Å². The number of carbonyl (C=O) groups is 1. The molecule has 98 valence electrons. The minimum atomic E-state index is -0.0675. The lowest BCUT2D eigenvalue weighted by atomic mass is 9.90. The van der Waals surface area contributed by atoms with Crippen LogP contribution in [0.5, 0.6) is 0 Å². The molecule has 1 aliphatic rings. The summed E-state index contributed by atoms with van der Waals surface area (Å²) in [6.45, 7) is 5.33. The third-order valence-electron chi connectivity index (χ3n) is 3.64. The maximum absolute atomic E-state index is 12.3. The average Bonchev–Trinajstić information content (AvgIpc) is 2.37. The molecule has 1 unspecified atom stereocenters. The predicted molar refractivity (Wildman–Crippen MR) is 74.6 cm³/mol. The van der Waals surface area contributed by atoms with Gasteiger partial charge in [0.15, 0.2) is 5.78 Å². The molecule has 0 amide bonds. The molecule has 0 spiro atoms. The van der Waals surface area contributed by atoms with E-state index in [9.17, 15) is 4.79 Å². The normalized spacial score (nSPS) is 18.7. The molecular formula is C16H23NO. The molecule has 1 aromatic rings. The Bertz CT molecular complexity index is 411. The van der Waals surface area contributed by atoms with Gasteiger partial charge in [-0.1, -0.05) is 44.5 Å². The Morgan fingerprint density at radius 1 is 1.39 bits per heavy atom. The zero-order valence-corrected chi connectivity index (χ0v) is 11.4. The van der Waals surface area contributed by atoms with Crippen LogP contribution < -0.4 is 5.32 Å². The van der Waals surface area contributed by atoms with E-state index < -0.39 is 0 Å². The number of fused-ring (bicyclic) bond motifs is 1. The van der Waals surface area contributed by atoms with Gasteiger partial charge in [-0.2, -0.15) is 0 Å². The highest BCUT2D eigenvalue weighted by Crippen LogP contribution is 2.25. The van der Waals surface area contributed by atoms with Crippen molar-refractivity contribution in [3.8, 4) is 0 Å². The number of Topliss-reactive ketones (excluding diaryl/α,β-unsaturated/α-hetero) is 1. The molecular weight excluding hydrogens is 222 g/mol. The first-order chi connectivity index (χ1) is 8.68. The molecule has 0 aliphatic carbocycles. The highest BCUT2D eigenvalue weighted by atomic mass is 16.1. The molecule has 0 radical (unpaired) electrons. The van der Waals surface area contributed by atoms with Gasteiger partial charge in [0.25, 0.3) is 0 Å². The fraction of sp³-hybridized carbons (Fsp3) is 0.562. The summed E-state index contributed by atoms with van der Waals surface area (Å²) in [5, 5.41) is 3.36. The lowest BCUT2D eigenvalue weighted by Gasteiger charge is -2.26. The number of nitrogens with one attached hydrogen (secondary N) is 1. The first kappa shape index (κ1) is 13.3. The first-order valence-corrected chi connectivity index (χ1v) is 7.02. The van der Waals surface area contributed by atoms with E-state index in [2.05, 4.69) is 37.4 Å². The Hall–Kier alpha value is -1.15. The van der Waals surface area contributed by atoms with Gasteiger partial charge < -0.3 is 5.32 Å². The molecule has 1 aliphatic heterocycles. The predicted octanol–water partition coefficient (Wildman–Crippen LogP) is 3.27. The highest BCUT2D eigenvalue weighted by molar-refractivity contribution is 5.86. The van der Waals surface area contributed by atoms with Crippen LogP contribution in [0.15, 0.2) is 24.3 Å². The molecule has 0 saturated heterocycles. The fourth-order valence-electron chi connectivity index (χ4n) is 2.62. The third-order valence-corrected chi connectivity index (χ3v) is 3.64. The van der Waals surface area contributed by atoms with Crippen LogP contribution in [0, 0.1) is 5.92 Å². The molecule has 1 atom stereocenters. The quantitative estimate of drug-likeness (QED) is 0.862. The monoisotopic (exact) mass is 245 g/mol. The molecule has 0 saturated carbocycles. The number of hydrogen-bond donors (Lipinski definition) is 1. The van der Waals surface area contributed by atoms with Crippen LogP contribution in [0.2, 0.25) is 0 Å². The van der Waals surface area contributed by atoms with Gasteiger partial charge in [0.2, 0.25) is 0 Å². The summed E-state index contributed by atoms with van der Waals surface area (Å²) >= 11 is 0. The van der Waals surface area contributed by atoms with Crippen LogP contribution in [0.25, 0.3) is 0 Å². The van der Waals surface area contributed by atoms with E-state index in [1.54, 1.807) is 0 Å². The minimum Gasteiger partial charge on any atom is -0.303 e. The second-order valence-electron chi connectivity index (χ2n) is 5.59. The summed E-state index contributed by atoms with van der Waals surface area (Å²) in [6.07, 6.45) is 3.88. The van der Waals surface area contributed by atoms with Gasteiger partial charge in [-0.3, -0.25) is 4.79 Å². The van der Waals surface area contributed by atoms with Gasteiger partial charge >= 0.3 is 0 Å². The molecule has 0 fully saturated rings. The summed E-state index contributed by atoms with van der Waals surface area (Å²) in [7, 11) is 0. The van der Waals surface area contributed by atoms with Crippen LogP contribution in [0.4, 0.5) is 0 Å². The molecule has 2 nitrogen and oxygen atoms in total. The molecule has 2 rings (SSSR count). The zero-order chi connectivity index (χ0) is 13.0. The lowest BCUT2D eigenvalue weighted by molar-refractivity contribution is -0.121. The van der Waals surface area contributed by atoms with Crippen LogP contribution in [-0.2, 0) is 11.2 Å². The standard InChI is InChI=1S/C16H23NO/c1-12(2)6-5-9-15(18)16-14-8-4-3-7-13(14)10-11-17-16/h3-4,7-8,12,16-17H,5-6,9-11H2,1-2H3. The van der Waals surface area contributed by atoms with Crippen molar-refractivity contribution in [2.75, 3.05) is 6.54 Å². The van der Waals surface area contributed by atoms with E-state index in [4.69, 9.17) is 0 Å². The molecule has 0 bridgehead atoms. The van der Waals surface area contributed by atoms with Crippen molar-refractivity contribution in [1.82, 2.24) is 5.32 Å². The maximum atomic E-state index is 12.3. The number of benzene rings is 1. The van der Waals surface area contributed by atoms with Crippen molar-refractivity contribution in [1.29, 1.82) is 0 Å². The summed E-state index contributed by atoms with van der Waals surface area (Å²) in [5.41, 5.74) is 2.52. The Kier molecular flexibility index (Phi) is 4.54. The van der Waals surface area contributed by atoms with Gasteiger partial charge in [0.1, 0.15) is 0 Å². The lowest BCUT2D eigenvalue weighted by Crippen LogP contribution is -2.35. The van der Waals surface area contributed by atoms with Crippen LogP contribution >= 0.6 is 0 Å². The maximum Gasteiger partial charge on any atom is 0.154 e. The van der Waals surface area contributed by atoms with E-state index >= 15 is 0 Å². The largest absolute Gasteiger partial charge is 0.303 e. The smallest absolute Gasteiger partial charge is 0.154 e. The van der Waals surface area contributed by atoms with Gasteiger partial charge in [-0.05, 0) is 29.9 Å². The van der Waals surface area contributed by atoms with Gasteiger partial charge in [0, 0.05) is 13.0 Å². The Morgan fingerprint density at radius 2 is 2.17 bits per heavy atom. The van der Waals surface area contributed by atoms with E-state index in [-0.39, 0.29) is 6.04 Å². The van der Waals surface area contributed by atoms with Gasteiger partial charge in [-0.25, -0.2) is 0 Å². The Labute approximate surface area is 110 Å². The van der Waals surface area contributed by atoms with Crippen molar-refractivity contribution in [3.63, 3.8) is 0 Å². The second kappa shape index (κ2) is 6.14. The van der Waals surface area contributed by atoms with Gasteiger partial charge in [0.05, 0.1) is 6.04 Å². The number of ketones is 1. The topological polar surface area (TPSA) is 29.1 Å². The molecule has 1 aromatic carbocycles. The van der Waals surface area contributed by atoms with Crippen LogP contribution in [-0.4, -0.2) is 12.3 Å². The number of carbonyl (C=O) groups excluding carboxylic acids is 1. The Balaban J connectivity index is 1.99. The van der Waals surface area contributed by atoms with E-state index in [1.807, 2.05) is 6.07 Å².